The fourth-order valence-electron chi connectivity index (χ4n) is 5.91. The van der Waals surface area contributed by atoms with E-state index in [2.05, 4.69) is 27.7 Å². The molecule has 0 aliphatic rings. The maximum Gasteiger partial charge on any atom is 0.339 e. The minimum atomic E-state index is -0.444. The summed E-state index contributed by atoms with van der Waals surface area (Å²) in [7, 11) is 0. The topological polar surface area (TPSA) is 105 Å². The highest BCUT2D eigenvalue weighted by Gasteiger charge is 2.19. The Morgan fingerprint density at radius 3 is 0.907 bits per heavy atom. The number of hydrogen-bond donors (Lipinski definition) is 0. The molecule has 0 saturated heterocycles. The first-order valence-corrected chi connectivity index (χ1v) is 22.2. The summed E-state index contributed by atoms with van der Waals surface area (Å²) >= 11 is 0. The Morgan fingerprint density at radius 2 is 0.611 bits per heavy atom. The van der Waals surface area contributed by atoms with Gasteiger partial charge in [-0.25, -0.2) is 9.59 Å². The van der Waals surface area contributed by atoms with Crippen LogP contribution < -0.4 is 0 Å². The summed E-state index contributed by atoms with van der Waals surface area (Å²) in [5.41, 5.74) is 0.586. The van der Waals surface area contributed by atoms with Crippen LogP contribution in [-0.2, 0) is 28.5 Å². The van der Waals surface area contributed by atoms with Gasteiger partial charge in [-0.1, -0.05) is 168 Å². The second kappa shape index (κ2) is 39.8. The molecule has 0 spiro atoms. The Kier molecular flexibility index (Phi) is 37.6. The van der Waals surface area contributed by atoms with Gasteiger partial charge in [0.15, 0.2) is 0 Å². The van der Waals surface area contributed by atoms with Gasteiger partial charge in [-0.15, -0.1) is 0 Å². The Morgan fingerprint density at radius 1 is 0.352 bits per heavy atom. The molecule has 0 radical (unpaired) electrons. The van der Waals surface area contributed by atoms with Gasteiger partial charge in [0, 0.05) is 12.8 Å². The Balaban J connectivity index is 0.00000104. The van der Waals surface area contributed by atoms with Crippen molar-refractivity contribution >= 4 is 23.9 Å². The SMILES string of the molecule is CCCCCCCCOC(=O)CCCCC(=O)OCCCCCCCC.CCCCCCCCOC(=O)c1ccccc1C(=O)OCCCCCCCC. The van der Waals surface area contributed by atoms with Crippen LogP contribution in [0.4, 0.5) is 0 Å². The normalized spacial score (nSPS) is 10.7. The largest absolute Gasteiger partial charge is 0.466 e. The molecular formula is C46H80O8. The van der Waals surface area contributed by atoms with Crippen LogP contribution in [0.3, 0.4) is 0 Å². The molecule has 0 aliphatic heterocycles. The highest BCUT2D eigenvalue weighted by atomic mass is 16.5. The van der Waals surface area contributed by atoms with Crippen LogP contribution in [0.25, 0.3) is 0 Å². The van der Waals surface area contributed by atoms with E-state index in [1.54, 1.807) is 24.3 Å². The summed E-state index contributed by atoms with van der Waals surface area (Å²) in [6.45, 7) is 10.7. The Hall–Kier alpha value is -2.90. The van der Waals surface area contributed by atoms with E-state index in [9.17, 15) is 19.2 Å². The Labute approximate surface area is 330 Å². The van der Waals surface area contributed by atoms with Crippen LogP contribution in [0.15, 0.2) is 24.3 Å². The summed E-state index contributed by atoms with van der Waals surface area (Å²) in [5.74, 6) is -1.17. The first kappa shape index (κ1) is 51.1. The van der Waals surface area contributed by atoms with E-state index < -0.39 is 11.9 Å². The van der Waals surface area contributed by atoms with Crippen LogP contribution >= 0.6 is 0 Å². The third-order valence-corrected chi connectivity index (χ3v) is 9.36. The standard InChI is InChI=1S/C24H38O4.C22H42O4/c1-3-5-7-9-11-15-19-27-23(25)21-17-13-14-18-22(21)24(26)28-20-16-12-10-8-6-4-2;1-3-5-7-9-11-15-19-25-21(23)17-13-14-18-22(24)26-20-16-12-10-8-6-4-2/h13-14,17-18H,3-12,15-16,19-20H2,1-2H3;3-20H2,1-2H3. The second-order valence-electron chi connectivity index (χ2n) is 14.5. The quantitative estimate of drug-likeness (QED) is 0.0382. The van der Waals surface area contributed by atoms with Crippen molar-refractivity contribution in [1.82, 2.24) is 0 Å². The van der Waals surface area contributed by atoms with Gasteiger partial charge in [-0.3, -0.25) is 9.59 Å². The molecule has 0 aromatic heterocycles. The van der Waals surface area contributed by atoms with Crippen molar-refractivity contribution in [2.75, 3.05) is 26.4 Å². The van der Waals surface area contributed by atoms with Crippen LogP contribution in [0.2, 0.25) is 0 Å². The van der Waals surface area contributed by atoms with Gasteiger partial charge < -0.3 is 18.9 Å². The van der Waals surface area contributed by atoms with Crippen LogP contribution in [0.5, 0.6) is 0 Å². The molecule has 0 aliphatic carbocycles. The number of benzene rings is 1. The number of carbonyl (C=O) groups excluding carboxylic acids is 4. The highest BCUT2D eigenvalue weighted by molar-refractivity contribution is 6.03. The third-order valence-electron chi connectivity index (χ3n) is 9.36. The summed E-state index contributed by atoms with van der Waals surface area (Å²) in [4.78, 5) is 47.9. The molecule has 0 amide bonds. The number of hydrogen-bond acceptors (Lipinski definition) is 8. The Bertz CT molecular complexity index is 958. The second-order valence-corrected chi connectivity index (χ2v) is 14.5. The maximum atomic E-state index is 12.4. The van der Waals surface area contributed by atoms with Gasteiger partial charge in [-0.05, 0) is 50.7 Å². The zero-order chi connectivity index (χ0) is 39.7. The monoisotopic (exact) mass is 761 g/mol. The van der Waals surface area contributed by atoms with Crippen molar-refractivity contribution in [2.45, 2.75) is 207 Å². The average Bonchev–Trinajstić information content (AvgIpc) is 3.18. The predicted octanol–water partition coefficient (Wildman–Crippen LogP) is 13.1. The van der Waals surface area contributed by atoms with Crippen LogP contribution in [-0.4, -0.2) is 50.3 Å². The molecule has 0 N–H and O–H groups in total. The molecule has 1 rings (SSSR count). The summed E-state index contributed by atoms with van der Waals surface area (Å²) < 4.78 is 21.2. The first-order chi connectivity index (χ1) is 26.4. The van der Waals surface area contributed by atoms with Gasteiger partial charge >= 0.3 is 23.9 Å². The van der Waals surface area contributed by atoms with Gasteiger partial charge in [0.1, 0.15) is 0 Å². The molecule has 1 aromatic carbocycles. The molecule has 8 heteroatoms. The molecule has 0 saturated carbocycles. The lowest BCUT2D eigenvalue weighted by Crippen LogP contribution is -2.15. The third kappa shape index (κ3) is 32.5. The van der Waals surface area contributed by atoms with Gasteiger partial charge in [0.2, 0.25) is 0 Å². The lowest BCUT2D eigenvalue weighted by molar-refractivity contribution is -0.146. The van der Waals surface area contributed by atoms with Crippen molar-refractivity contribution in [3.8, 4) is 0 Å². The molecule has 0 fully saturated rings. The predicted molar refractivity (Wildman–Crippen MR) is 221 cm³/mol. The zero-order valence-corrected chi connectivity index (χ0v) is 35.2. The fraction of sp³-hybridized carbons (Fsp3) is 0.783. The minimum Gasteiger partial charge on any atom is -0.466 e. The molecule has 0 unspecified atom stereocenters. The highest BCUT2D eigenvalue weighted by Crippen LogP contribution is 2.14. The van der Waals surface area contributed by atoms with E-state index in [4.69, 9.17) is 18.9 Å². The number of unbranched alkanes of at least 4 members (excludes halogenated alkanes) is 21. The lowest BCUT2D eigenvalue weighted by Gasteiger charge is -2.10. The number of esters is 4. The molecule has 0 heterocycles. The van der Waals surface area contributed by atoms with E-state index in [0.29, 0.717) is 63.2 Å². The van der Waals surface area contributed by atoms with Crippen molar-refractivity contribution in [3.63, 3.8) is 0 Å². The smallest absolute Gasteiger partial charge is 0.339 e. The van der Waals surface area contributed by atoms with Crippen molar-refractivity contribution in [3.05, 3.63) is 35.4 Å². The number of carbonyl (C=O) groups is 4. The van der Waals surface area contributed by atoms with Crippen LogP contribution in [0, 0.1) is 0 Å². The summed E-state index contributed by atoms with van der Waals surface area (Å²) in [5, 5.41) is 0. The average molecular weight is 761 g/mol. The number of ether oxygens (including phenoxy) is 4. The van der Waals surface area contributed by atoms with Gasteiger partial charge in [0.05, 0.1) is 37.6 Å². The van der Waals surface area contributed by atoms with Crippen molar-refractivity contribution in [2.24, 2.45) is 0 Å². The number of rotatable bonds is 35. The molecular weight excluding hydrogens is 680 g/mol. The molecule has 312 valence electrons. The first-order valence-electron chi connectivity index (χ1n) is 22.2. The fourth-order valence-corrected chi connectivity index (χ4v) is 5.91. The lowest BCUT2D eigenvalue weighted by atomic mass is 10.1. The molecule has 8 nitrogen and oxygen atoms in total. The van der Waals surface area contributed by atoms with E-state index in [1.807, 2.05) is 0 Å². The maximum absolute atomic E-state index is 12.4. The molecule has 54 heavy (non-hydrogen) atoms. The van der Waals surface area contributed by atoms with E-state index in [0.717, 1.165) is 51.4 Å². The van der Waals surface area contributed by atoms with Crippen molar-refractivity contribution in [1.29, 1.82) is 0 Å². The molecule has 0 atom stereocenters. The molecule has 1 aromatic rings. The van der Waals surface area contributed by atoms with E-state index in [1.165, 1.54) is 103 Å². The minimum absolute atomic E-state index is 0.140. The summed E-state index contributed by atoms with van der Waals surface area (Å²) in [6.07, 6.45) is 30.1. The van der Waals surface area contributed by atoms with E-state index in [-0.39, 0.29) is 11.9 Å². The van der Waals surface area contributed by atoms with Crippen molar-refractivity contribution < 1.29 is 38.1 Å². The van der Waals surface area contributed by atoms with Gasteiger partial charge in [0.25, 0.3) is 0 Å². The van der Waals surface area contributed by atoms with E-state index >= 15 is 0 Å². The van der Waals surface area contributed by atoms with Gasteiger partial charge in [-0.2, -0.15) is 0 Å². The van der Waals surface area contributed by atoms with Crippen LogP contribution in [0.1, 0.15) is 228 Å². The summed E-state index contributed by atoms with van der Waals surface area (Å²) in [6, 6.07) is 6.74. The zero-order valence-electron chi connectivity index (χ0n) is 35.2. The molecule has 0 bridgehead atoms.